The molecular formula is C15H18Cl2N2O. The summed E-state index contributed by atoms with van der Waals surface area (Å²) in [5, 5.41) is 4.43. The van der Waals surface area contributed by atoms with Gasteiger partial charge in [0.15, 0.2) is 0 Å². The third-order valence-electron chi connectivity index (χ3n) is 4.28. The molecule has 0 radical (unpaired) electrons. The molecule has 1 aromatic rings. The van der Waals surface area contributed by atoms with Gasteiger partial charge in [0.05, 0.1) is 10.0 Å². The lowest BCUT2D eigenvalue weighted by molar-refractivity contribution is 0.0699. The number of rotatable bonds is 2. The summed E-state index contributed by atoms with van der Waals surface area (Å²) < 4.78 is 0. The molecule has 2 heterocycles. The molecule has 3 rings (SSSR count). The van der Waals surface area contributed by atoms with Gasteiger partial charge in [0.2, 0.25) is 0 Å². The predicted octanol–water partition coefficient (Wildman–Crippen LogP) is 2.99. The maximum atomic E-state index is 12.6. The predicted molar refractivity (Wildman–Crippen MR) is 81.7 cm³/mol. The highest BCUT2D eigenvalue weighted by Crippen LogP contribution is 2.32. The Balaban J connectivity index is 1.77. The van der Waals surface area contributed by atoms with Gasteiger partial charge in [-0.3, -0.25) is 4.79 Å². The molecule has 108 valence electrons. The Hall–Kier alpha value is -0.770. The van der Waals surface area contributed by atoms with E-state index in [9.17, 15) is 4.79 Å². The lowest BCUT2D eigenvalue weighted by Gasteiger charge is -2.33. The normalized spacial score (nSPS) is 20.1. The first-order chi connectivity index (χ1) is 9.66. The molecule has 1 fully saturated rings. The monoisotopic (exact) mass is 312 g/mol. The van der Waals surface area contributed by atoms with Gasteiger partial charge in [-0.1, -0.05) is 23.2 Å². The van der Waals surface area contributed by atoms with Crippen LogP contribution in [0.5, 0.6) is 0 Å². The van der Waals surface area contributed by atoms with E-state index in [0.29, 0.717) is 16.0 Å². The van der Waals surface area contributed by atoms with Gasteiger partial charge in [-0.05, 0) is 56.0 Å². The second-order valence-corrected chi connectivity index (χ2v) is 6.37. The summed E-state index contributed by atoms with van der Waals surface area (Å²) in [6.07, 6.45) is 3.10. The molecule has 1 N–H and O–H groups in total. The average Bonchev–Trinajstić information content (AvgIpc) is 2.47. The number of benzene rings is 1. The second kappa shape index (κ2) is 5.92. The van der Waals surface area contributed by atoms with E-state index in [1.165, 1.54) is 0 Å². The zero-order valence-corrected chi connectivity index (χ0v) is 12.8. The quantitative estimate of drug-likeness (QED) is 0.910. The molecule has 1 saturated heterocycles. The van der Waals surface area contributed by atoms with Gasteiger partial charge in [-0.25, -0.2) is 0 Å². The largest absolute Gasteiger partial charge is 0.338 e. The number of fused-ring (bicyclic) bond motifs is 1. The highest BCUT2D eigenvalue weighted by molar-refractivity contribution is 6.42. The van der Waals surface area contributed by atoms with Gasteiger partial charge in [-0.2, -0.15) is 0 Å². The van der Waals surface area contributed by atoms with E-state index in [1.54, 1.807) is 12.1 Å². The van der Waals surface area contributed by atoms with Crippen LogP contribution in [0, 0.1) is 5.92 Å². The van der Waals surface area contributed by atoms with Crippen LogP contribution in [0.2, 0.25) is 10.0 Å². The van der Waals surface area contributed by atoms with Crippen molar-refractivity contribution in [3.8, 4) is 0 Å². The van der Waals surface area contributed by atoms with Gasteiger partial charge < -0.3 is 10.2 Å². The molecule has 3 nitrogen and oxygen atoms in total. The first kappa shape index (κ1) is 14.2. The van der Waals surface area contributed by atoms with Crippen molar-refractivity contribution in [3.05, 3.63) is 33.3 Å². The first-order valence-electron chi connectivity index (χ1n) is 7.13. The fourth-order valence-corrected chi connectivity index (χ4v) is 3.54. The van der Waals surface area contributed by atoms with Crippen LogP contribution in [0.3, 0.4) is 0 Å². The van der Waals surface area contributed by atoms with Crippen molar-refractivity contribution in [2.75, 3.05) is 26.2 Å². The Morgan fingerprint density at radius 2 is 2.00 bits per heavy atom. The summed E-state index contributed by atoms with van der Waals surface area (Å²) in [6.45, 7) is 3.73. The molecule has 0 bridgehead atoms. The van der Waals surface area contributed by atoms with Crippen LogP contribution in [0.1, 0.15) is 28.8 Å². The summed E-state index contributed by atoms with van der Waals surface area (Å²) in [6, 6.07) is 3.52. The molecule has 1 aromatic carbocycles. The van der Waals surface area contributed by atoms with Crippen molar-refractivity contribution < 1.29 is 4.79 Å². The minimum absolute atomic E-state index is 0.100. The van der Waals surface area contributed by atoms with E-state index in [4.69, 9.17) is 23.2 Å². The van der Waals surface area contributed by atoms with Crippen molar-refractivity contribution in [3.63, 3.8) is 0 Å². The molecule has 0 unspecified atom stereocenters. The molecule has 1 amide bonds. The van der Waals surface area contributed by atoms with Gasteiger partial charge in [0, 0.05) is 18.7 Å². The van der Waals surface area contributed by atoms with E-state index in [2.05, 4.69) is 5.32 Å². The van der Waals surface area contributed by atoms with Gasteiger partial charge in [-0.15, -0.1) is 0 Å². The Kier molecular flexibility index (Phi) is 4.20. The minimum atomic E-state index is 0.100. The molecule has 2 aliphatic heterocycles. The maximum Gasteiger partial charge on any atom is 0.254 e. The fraction of sp³-hybridized carbons (Fsp3) is 0.533. The number of halogens is 2. The zero-order chi connectivity index (χ0) is 14.1. The number of hydrogen-bond acceptors (Lipinski definition) is 2. The number of piperidine rings is 1. The number of carbonyl (C=O) groups is 1. The summed E-state index contributed by atoms with van der Waals surface area (Å²) in [5.41, 5.74) is 1.63. The van der Waals surface area contributed by atoms with Crippen molar-refractivity contribution in [1.82, 2.24) is 10.2 Å². The highest BCUT2D eigenvalue weighted by atomic mass is 35.5. The summed E-state index contributed by atoms with van der Waals surface area (Å²) in [7, 11) is 0. The van der Waals surface area contributed by atoms with Crippen LogP contribution in [-0.4, -0.2) is 37.0 Å². The number of carbonyl (C=O) groups excluding carboxylic acids is 1. The second-order valence-electron chi connectivity index (χ2n) is 5.58. The Morgan fingerprint density at radius 1 is 1.25 bits per heavy atom. The Bertz CT molecular complexity index is 527. The van der Waals surface area contributed by atoms with Crippen LogP contribution in [0.25, 0.3) is 0 Å². The SMILES string of the molecule is O=C1c2ccc(Cl)c(Cl)c2CCN1CC1CCNCC1. The number of hydrogen-bond donors (Lipinski definition) is 1. The molecule has 0 aliphatic carbocycles. The fourth-order valence-electron chi connectivity index (χ4n) is 3.11. The summed E-state index contributed by atoms with van der Waals surface area (Å²) in [5.74, 6) is 0.716. The Labute approximate surface area is 129 Å². The third-order valence-corrected chi connectivity index (χ3v) is 5.13. The summed E-state index contributed by atoms with van der Waals surface area (Å²) in [4.78, 5) is 14.5. The molecule has 0 saturated carbocycles. The number of amides is 1. The van der Waals surface area contributed by atoms with Crippen LogP contribution in [-0.2, 0) is 6.42 Å². The third kappa shape index (κ3) is 2.67. The standard InChI is InChI=1S/C15H18Cl2N2O/c16-13-2-1-12-11(14(13)17)5-8-19(15(12)20)9-10-3-6-18-7-4-10/h1-2,10,18H,3-9H2. The summed E-state index contributed by atoms with van der Waals surface area (Å²) >= 11 is 12.2. The zero-order valence-electron chi connectivity index (χ0n) is 11.3. The number of nitrogens with zero attached hydrogens (tertiary/aromatic N) is 1. The van der Waals surface area contributed by atoms with Crippen molar-refractivity contribution in [1.29, 1.82) is 0 Å². The topological polar surface area (TPSA) is 32.3 Å². The Morgan fingerprint density at radius 3 is 2.75 bits per heavy atom. The minimum Gasteiger partial charge on any atom is -0.338 e. The van der Waals surface area contributed by atoms with E-state index >= 15 is 0 Å². The maximum absolute atomic E-state index is 12.6. The van der Waals surface area contributed by atoms with E-state index in [-0.39, 0.29) is 5.91 Å². The molecule has 0 aromatic heterocycles. The lowest BCUT2D eigenvalue weighted by Crippen LogP contribution is -2.43. The van der Waals surface area contributed by atoms with Crippen LogP contribution in [0.4, 0.5) is 0 Å². The van der Waals surface area contributed by atoms with Crippen molar-refractivity contribution >= 4 is 29.1 Å². The molecule has 0 atom stereocenters. The molecular weight excluding hydrogens is 295 g/mol. The van der Waals surface area contributed by atoms with Crippen LogP contribution in [0.15, 0.2) is 12.1 Å². The lowest BCUT2D eigenvalue weighted by atomic mass is 9.94. The molecule has 5 heteroatoms. The van der Waals surface area contributed by atoms with Crippen molar-refractivity contribution in [2.45, 2.75) is 19.3 Å². The highest BCUT2D eigenvalue weighted by Gasteiger charge is 2.28. The van der Waals surface area contributed by atoms with Crippen LogP contribution < -0.4 is 5.32 Å². The molecule has 20 heavy (non-hydrogen) atoms. The molecule has 0 spiro atoms. The van der Waals surface area contributed by atoms with E-state index in [0.717, 1.165) is 56.6 Å². The average molecular weight is 313 g/mol. The van der Waals surface area contributed by atoms with Gasteiger partial charge >= 0.3 is 0 Å². The first-order valence-corrected chi connectivity index (χ1v) is 7.89. The smallest absolute Gasteiger partial charge is 0.254 e. The van der Waals surface area contributed by atoms with Gasteiger partial charge in [0.1, 0.15) is 0 Å². The van der Waals surface area contributed by atoms with E-state index < -0.39 is 0 Å². The number of nitrogens with one attached hydrogen (secondary N) is 1. The van der Waals surface area contributed by atoms with E-state index in [1.807, 2.05) is 4.90 Å². The van der Waals surface area contributed by atoms with Crippen LogP contribution >= 0.6 is 23.2 Å². The van der Waals surface area contributed by atoms with Crippen molar-refractivity contribution in [2.24, 2.45) is 5.92 Å². The van der Waals surface area contributed by atoms with Gasteiger partial charge in [0.25, 0.3) is 5.91 Å². The molecule has 2 aliphatic rings.